The monoisotopic (exact) mass is 580 g/mol. The predicted octanol–water partition coefficient (Wildman–Crippen LogP) is 4.19. The fourth-order valence-corrected chi connectivity index (χ4v) is 4.97. The molecular formula is C24H49IN2O2Si2. The summed E-state index contributed by atoms with van der Waals surface area (Å²) in [4.78, 5) is 4.70. The Hall–Kier alpha value is -0.156. The molecule has 0 saturated heterocycles. The molecule has 1 aromatic heterocycles. The van der Waals surface area contributed by atoms with Crippen LogP contribution in [0.15, 0.2) is 6.07 Å². The van der Waals surface area contributed by atoms with Crippen LogP contribution in [0.4, 0.5) is 0 Å². The third-order valence-electron chi connectivity index (χ3n) is 5.06. The first kappa shape index (κ1) is 30.8. The van der Waals surface area contributed by atoms with Crippen molar-refractivity contribution >= 4 is 16.6 Å². The maximum Gasteiger partial charge on any atom is 0.488 e. The largest absolute Gasteiger partial charge is 1.00 e. The van der Waals surface area contributed by atoms with Gasteiger partial charge in [-0.05, 0) is 45.7 Å². The molecule has 0 aliphatic carbocycles. The lowest BCUT2D eigenvalue weighted by molar-refractivity contribution is -0.685. The van der Waals surface area contributed by atoms with Crippen molar-refractivity contribution in [3.63, 3.8) is 0 Å². The van der Waals surface area contributed by atoms with Gasteiger partial charge >= 0.3 is 11.9 Å². The van der Waals surface area contributed by atoms with E-state index in [2.05, 4.69) is 63.9 Å². The Morgan fingerprint density at radius 1 is 0.742 bits per heavy atom. The Kier molecular flexibility index (Phi) is 15.6. The molecule has 1 aromatic rings. The van der Waals surface area contributed by atoms with Crippen LogP contribution in [0, 0.1) is 0 Å². The predicted molar refractivity (Wildman–Crippen MR) is 134 cm³/mol. The molecule has 0 atom stereocenters. The molecule has 1 heterocycles. The number of halogens is 1. The normalized spacial score (nSPS) is 11.9. The zero-order valence-corrected chi connectivity index (χ0v) is 25.8. The molecule has 0 amide bonds. The molecule has 1 rings (SSSR count). The Morgan fingerprint density at radius 2 is 1.19 bits per heavy atom. The van der Waals surface area contributed by atoms with E-state index in [0.717, 1.165) is 12.3 Å². The van der Waals surface area contributed by atoms with E-state index in [1.54, 1.807) is 0 Å². The van der Waals surface area contributed by atoms with Crippen LogP contribution in [0.1, 0.15) is 83.2 Å². The van der Waals surface area contributed by atoms with Gasteiger partial charge in [0.05, 0.1) is 13.1 Å². The van der Waals surface area contributed by atoms with Gasteiger partial charge < -0.3 is 32.8 Å². The van der Waals surface area contributed by atoms with Crippen molar-refractivity contribution in [2.45, 2.75) is 123 Å². The number of aromatic nitrogens is 2. The molecule has 0 fully saturated rings. The van der Waals surface area contributed by atoms with E-state index in [-0.39, 0.29) is 24.0 Å². The van der Waals surface area contributed by atoms with Gasteiger partial charge in [0, 0.05) is 11.4 Å². The van der Waals surface area contributed by atoms with Crippen molar-refractivity contribution in [1.82, 2.24) is 4.98 Å². The molecule has 182 valence electrons. The molecule has 31 heavy (non-hydrogen) atoms. The van der Waals surface area contributed by atoms with Crippen LogP contribution in [0.3, 0.4) is 0 Å². The molecule has 0 aromatic carbocycles. The smallest absolute Gasteiger partial charge is 0.488 e. The Labute approximate surface area is 212 Å². The Bertz CT molecular complexity index is 617. The summed E-state index contributed by atoms with van der Waals surface area (Å²) in [5.74, 6) is 0.735. The first-order valence-corrected chi connectivity index (χ1v) is 19.1. The summed E-state index contributed by atoms with van der Waals surface area (Å²) >= 11 is 0. The molecule has 0 unspecified atom stereocenters. The summed E-state index contributed by atoms with van der Waals surface area (Å²) < 4.78 is 14.6. The minimum Gasteiger partial charge on any atom is -1.00 e. The molecule has 4 nitrogen and oxygen atoms in total. The summed E-state index contributed by atoms with van der Waals surface area (Å²) in [6.07, 6.45) is 16.1. The second kappa shape index (κ2) is 15.6. The van der Waals surface area contributed by atoms with Gasteiger partial charge in [0.2, 0.25) is 8.32 Å². The van der Waals surface area contributed by atoms with Crippen LogP contribution in [0.5, 0.6) is 11.9 Å². The molecule has 0 aliphatic rings. The second-order valence-corrected chi connectivity index (χ2v) is 19.5. The molecule has 0 spiro atoms. The van der Waals surface area contributed by atoms with Crippen molar-refractivity contribution in [1.29, 1.82) is 0 Å². The third-order valence-corrected chi connectivity index (χ3v) is 6.67. The first-order valence-electron chi connectivity index (χ1n) is 12.3. The third kappa shape index (κ3) is 15.3. The number of hydrogen-bond acceptors (Lipinski definition) is 3. The van der Waals surface area contributed by atoms with Gasteiger partial charge in [0.1, 0.15) is 5.69 Å². The summed E-state index contributed by atoms with van der Waals surface area (Å²) in [5, 5.41) is 0. The van der Waals surface area contributed by atoms with Gasteiger partial charge in [-0.1, -0.05) is 71.1 Å². The number of rotatable bonds is 16. The van der Waals surface area contributed by atoms with Gasteiger partial charge in [0.15, 0.2) is 0 Å². The highest BCUT2D eigenvalue weighted by molar-refractivity contribution is 6.70. The van der Waals surface area contributed by atoms with Gasteiger partial charge in [-0.2, -0.15) is 4.57 Å². The van der Waals surface area contributed by atoms with Crippen LogP contribution in [0.25, 0.3) is 0 Å². The maximum absolute atomic E-state index is 6.26. The number of unbranched alkanes of at least 4 members (excludes halogenated alkanes) is 10. The van der Waals surface area contributed by atoms with Gasteiger partial charge in [0.25, 0.3) is 8.32 Å². The van der Waals surface area contributed by atoms with E-state index in [9.17, 15) is 0 Å². The van der Waals surface area contributed by atoms with Crippen LogP contribution >= 0.6 is 0 Å². The lowest BCUT2D eigenvalue weighted by Gasteiger charge is -2.19. The molecule has 0 saturated carbocycles. The van der Waals surface area contributed by atoms with E-state index in [1.165, 1.54) is 76.3 Å². The topological polar surface area (TPSA) is 35.2 Å². The Morgan fingerprint density at radius 3 is 1.65 bits per heavy atom. The van der Waals surface area contributed by atoms with E-state index in [1.807, 2.05) is 0 Å². The van der Waals surface area contributed by atoms with Gasteiger partial charge in [-0.25, -0.2) is 0 Å². The van der Waals surface area contributed by atoms with Crippen molar-refractivity contribution in [3.8, 4) is 11.9 Å². The zero-order valence-electron chi connectivity index (χ0n) is 21.7. The number of aryl methyl sites for hydroxylation is 1. The van der Waals surface area contributed by atoms with Crippen LogP contribution in [-0.4, -0.2) is 21.6 Å². The Balaban J connectivity index is 0.00000900. The van der Waals surface area contributed by atoms with Gasteiger partial charge in [-0.3, -0.25) is 0 Å². The number of nitrogens with zero attached hydrogens (tertiary/aromatic N) is 2. The molecular weight excluding hydrogens is 531 g/mol. The standard InChI is InChI=1S/C24H49N2O2Si2.HI/c1-9-10-11-12-13-14-15-16-17-18-19-20-22-21-23(27-29(3,4)5)25-24(26(22)2)28-30(6,7)8;/h21H,9-20H2,1-8H3;1H/q+1;/p-1. The lowest BCUT2D eigenvalue weighted by Crippen LogP contribution is -3.00. The molecule has 0 aliphatic heterocycles. The van der Waals surface area contributed by atoms with E-state index >= 15 is 0 Å². The highest BCUT2D eigenvalue weighted by Crippen LogP contribution is 2.20. The SMILES string of the molecule is CCCCCCCCCCCCCc1cc(O[Si](C)(C)C)nc(O[Si](C)(C)C)[n+]1C.[I-]. The summed E-state index contributed by atoms with van der Waals surface area (Å²) in [6.45, 7) is 15.5. The highest BCUT2D eigenvalue weighted by Gasteiger charge is 2.29. The minimum atomic E-state index is -1.73. The minimum absolute atomic E-state index is 0. The average molecular weight is 581 g/mol. The highest BCUT2D eigenvalue weighted by atomic mass is 127. The molecule has 0 bridgehead atoms. The first-order chi connectivity index (χ1) is 14.0. The van der Waals surface area contributed by atoms with Crippen molar-refractivity contribution in [2.75, 3.05) is 0 Å². The quantitative estimate of drug-likeness (QED) is 0.127. The van der Waals surface area contributed by atoms with Crippen molar-refractivity contribution < 1.29 is 37.4 Å². The fraction of sp³-hybridized carbons (Fsp3) is 0.833. The molecule has 7 heteroatoms. The molecule has 0 N–H and O–H groups in total. The second-order valence-electron chi connectivity index (χ2n) is 10.6. The van der Waals surface area contributed by atoms with Crippen molar-refractivity contribution in [3.05, 3.63) is 11.8 Å². The van der Waals surface area contributed by atoms with Crippen molar-refractivity contribution in [2.24, 2.45) is 7.05 Å². The maximum atomic E-state index is 6.26. The van der Waals surface area contributed by atoms with Crippen LogP contribution in [0.2, 0.25) is 39.3 Å². The summed E-state index contributed by atoms with van der Waals surface area (Å²) in [6, 6.07) is 2.84. The summed E-state index contributed by atoms with van der Waals surface area (Å²) in [5.41, 5.74) is 1.27. The van der Waals surface area contributed by atoms with E-state index in [4.69, 9.17) is 13.8 Å². The molecule has 0 radical (unpaired) electrons. The van der Waals surface area contributed by atoms with E-state index < -0.39 is 16.6 Å². The van der Waals surface area contributed by atoms with Crippen LogP contribution in [-0.2, 0) is 13.5 Å². The van der Waals surface area contributed by atoms with Gasteiger partial charge in [-0.15, -0.1) is 0 Å². The zero-order chi connectivity index (χ0) is 22.6. The van der Waals surface area contributed by atoms with E-state index in [0.29, 0.717) is 6.01 Å². The number of hydrogen-bond donors (Lipinski definition) is 0. The average Bonchev–Trinajstić information content (AvgIpc) is 2.60. The lowest BCUT2D eigenvalue weighted by atomic mass is 10.0. The van der Waals surface area contributed by atoms with Crippen LogP contribution < -0.4 is 37.4 Å². The fourth-order valence-electron chi connectivity index (χ4n) is 3.51. The summed E-state index contributed by atoms with van der Waals surface area (Å²) in [7, 11) is -1.36.